The summed E-state index contributed by atoms with van der Waals surface area (Å²) in [7, 11) is 0.102. The zero-order valence-corrected chi connectivity index (χ0v) is 18.7. The molecule has 1 aliphatic heterocycles. The SMILES string of the molecule is [2H]C([3H])OC[C@@H]1CC[C@H](n2ccc(NC(=O)c3ccc(COC(=O)CCC(=O)NC)cc3)nc2=O)O1. The number of carbonyl (C=O) groups excluding carboxylic acids is 3. The van der Waals surface area contributed by atoms with Gasteiger partial charge in [-0.15, -0.1) is 0 Å². The number of carbonyl (C=O) groups is 3. The molecule has 0 spiro atoms. The first kappa shape index (κ1) is 22.2. The average molecular weight is 476 g/mol. The molecule has 1 saturated heterocycles. The van der Waals surface area contributed by atoms with E-state index in [9.17, 15) is 19.2 Å². The maximum Gasteiger partial charge on any atom is 0.351 e. The molecule has 1 unspecified atom stereocenters. The Labute approximate surface area is 199 Å². The molecule has 0 aliphatic carbocycles. The molecule has 11 nitrogen and oxygen atoms in total. The molecule has 34 heavy (non-hydrogen) atoms. The minimum atomic E-state index is -1.39. The van der Waals surface area contributed by atoms with Crippen molar-refractivity contribution in [2.24, 2.45) is 0 Å². The third-order valence-corrected chi connectivity index (χ3v) is 5.20. The Morgan fingerprint density at radius 1 is 1.26 bits per heavy atom. The fraction of sp³-hybridized carbons (Fsp3) is 0.435. The average Bonchev–Trinajstić information content (AvgIpc) is 3.33. The number of anilines is 1. The van der Waals surface area contributed by atoms with Gasteiger partial charge in [0.2, 0.25) is 5.91 Å². The van der Waals surface area contributed by atoms with Crippen LogP contribution in [0.3, 0.4) is 0 Å². The fourth-order valence-electron chi connectivity index (χ4n) is 3.34. The largest absolute Gasteiger partial charge is 0.461 e. The van der Waals surface area contributed by atoms with Crippen molar-refractivity contribution < 1.29 is 31.3 Å². The van der Waals surface area contributed by atoms with Crippen LogP contribution in [0.4, 0.5) is 5.82 Å². The number of hydrogen-bond acceptors (Lipinski definition) is 8. The highest BCUT2D eigenvalue weighted by molar-refractivity contribution is 6.03. The van der Waals surface area contributed by atoms with Crippen LogP contribution >= 0.6 is 0 Å². The minimum absolute atomic E-state index is 0.0112. The predicted molar refractivity (Wildman–Crippen MR) is 121 cm³/mol. The Hall–Kier alpha value is -3.57. The predicted octanol–water partition coefficient (Wildman–Crippen LogP) is 1.39. The van der Waals surface area contributed by atoms with Crippen LogP contribution in [0.2, 0.25) is 0 Å². The lowest BCUT2D eigenvalue weighted by molar-refractivity contribution is -0.146. The number of ether oxygens (including phenoxy) is 3. The Bertz CT molecular complexity index is 1120. The van der Waals surface area contributed by atoms with Gasteiger partial charge in [-0.05, 0) is 36.6 Å². The van der Waals surface area contributed by atoms with E-state index in [1.165, 1.54) is 23.9 Å². The van der Waals surface area contributed by atoms with E-state index in [1.807, 2.05) is 0 Å². The molecule has 0 radical (unpaired) electrons. The summed E-state index contributed by atoms with van der Waals surface area (Å²) >= 11 is 0. The standard InChI is InChI=1S/C23H28N4O7/c1-24-19(28)8-10-21(29)33-13-15-3-5-16(6-4-15)22(30)25-18-11-12-27(23(31)26-18)20-9-7-17(34-20)14-32-2/h3-6,11-12,17,20H,7-10,13-14H2,1-2H3,(H,24,28)(H,25,26,30,31)/t17-,20+/m0/s1/i2TD/t2?,17-,20+. The molecular weight excluding hydrogens is 444 g/mol. The summed E-state index contributed by atoms with van der Waals surface area (Å²) in [5.41, 5.74) is 0.397. The molecule has 1 aliphatic rings. The van der Waals surface area contributed by atoms with Gasteiger partial charge in [-0.1, -0.05) is 12.1 Å². The number of amides is 2. The van der Waals surface area contributed by atoms with Gasteiger partial charge in [0.1, 0.15) is 18.7 Å². The second-order valence-corrected chi connectivity index (χ2v) is 7.61. The summed E-state index contributed by atoms with van der Waals surface area (Å²) in [6.45, 7) is 0.112. The maximum atomic E-state index is 12.5. The number of rotatable bonds is 10. The summed E-state index contributed by atoms with van der Waals surface area (Å²) in [5.74, 6) is -1.13. The number of aromatic nitrogens is 2. The Balaban J connectivity index is 1.50. The van der Waals surface area contributed by atoms with Crippen LogP contribution in [0, 0.1) is 0 Å². The summed E-state index contributed by atoms with van der Waals surface area (Å²) in [4.78, 5) is 51.8. The van der Waals surface area contributed by atoms with Gasteiger partial charge >= 0.3 is 11.7 Å². The first-order valence-corrected chi connectivity index (χ1v) is 10.7. The van der Waals surface area contributed by atoms with Crippen LogP contribution in [-0.2, 0) is 30.4 Å². The number of esters is 1. The third kappa shape index (κ3) is 6.96. The Morgan fingerprint density at radius 3 is 2.76 bits per heavy atom. The number of nitrogens with one attached hydrogen (secondary N) is 2. The van der Waals surface area contributed by atoms with Crippen molar-refractivity contribution in [1.29, 1.82) is 0 Å². The molecule has 182 valence electrons. The minimum Gasteiger partial charge on any atom is -0.461 e. The smallest absolute Gasteiger partial charge is 0.351 e. The number of nitrogens with zero attached hydrogens (tertiary/aromatic N) is 2. The molecule has 2 aromatic rings. The van der Waals surface area contributed by atoms with Crippen LogP contribution in [0.25, 0.3) is 0 Å². The first-order chi connectivity index (χ1) is 17.2. The highest BCUT2D eigenvalue weighted by atomic mass is 16.5. The molecule has 2 N–H and O–H groups in total. The quantitative estimate of drug-likeness (QED) is 0.492. The summed E-state index contributed by atoms with van der Waals surface area (Å²) < 4.78 is 31.2. The molecule has 2 amide bonds. The molecule has 1 aromatic carbocycles. The molecule has 0 bridgehead atoms. The Kier molecular flexibility index (Phi) is 7.88. The van der Waals surface area contributed by atoms with Gasteiger partial charge in [-0.3, -0.25) is 19.0 Å². The summed E-state index contributed by atoms with van der Waals surface area (Å²) in [6, 6.07) is 7.86. The van der Waals surface area contributed by atoms with Crippen molar-refractivity contribution in [3.8, 4) is 0 Å². The summed E-state index contributed by atoms with van der Waals surface area (Å²) in [6.07, 6.45) is 1.84. The van der Waals surface area contributed by atoms with Crippen LogP contribution in [0.5, 0.6) is 0 Å². The van der Waals surface area contributed by atoms with E-state index >= 15 is 0 Å². The molecular formula is C23H28N4O7. The van der Waals surface area contributed by atoms with E-state index in [4.69, 9.17) is 17.0 Å². The Morgan fingerprint density at radius 2 is 2.06 bits per heavy atom. The second-order valence-electron chi connectivity index (χ2n) is 7.61. The zero-order valence-electron chi connectivity index (χ0n) is 20.7. The molecule has 11 heteroatoms. The maximum absolute atomic E-state index is 12.5. The second kappa shape index (κ2) is 12.1. The van der Waals surface area contributed by atoms with Crippen molar-refractivity contribution >= 4 is 23.6 Å². The fourth-order valence-corrected chi connectivity index (χ4v) is 3.34. The highest BCUT2D eigenvalue weighted by Crippen LogP contribution is 2.27. The lowest BCUT2D eigenvalue weighted by atomic mass is 10.1. The third-order valence-electron chi connectivity index (χ3n) is 5.20. The number of hydrogen-bond donors (Lipinski definition) is 2. The molecule has 3 rings (SSSR count). The van der Waals surface area contributed by atoms with E-state index in [2.05, 4.69) is 15.6 Å². The topological polar surface area (TPSA) is 138 Å². The van der Waals surface area contributed by atoms with Crippen molar-refractivity contribution in [3.05, 3.63) is 58.1 Å². The van der Waals surface area contributed by atoms with Crippen LogP contribution < -0.4 is 16.3 Å². The van der Waals surface area contributed by atoms with Gasteiger partial charge in [-0.25, -0.2) is 4.79 Å². The highest BCUT2D eigenvalue weighted by Gasteiger charge is 2.27. The van der Waals surface area contributed by atoms with Gasteiger partial charge in [-0.2, -0.15) is 4.98 Å². The van der Waals surface area contributed by atoms with E-state index in [0.29, 0.717) is 24.0 Å². The van der Waals surface area contributed by atoms with E-state index in [0.717, 1.165) is 0 Å². The molecule has 1 fully saturated rings. The van der Waals surface area contributed by atoms with Gasteiger partial charge in [0, 0.05) is 32.3 Å². The van der Waals surface area contributed by atoms with Crippen LogP contribution in [0.15, 0.2) is 41.3 Å². The van der Waals surface area contributed by atoms with E-state index < -0.39 is 30.9 Å². The normalized spacial score (nSPS) is 19.0. The van der Waals surface area contributed by atoms with Crippen molar-refractivity contribution in [1.82, 2.24) is 14.9 Å². The van der Waals surface area contributed by atoms with Crippen LogP contribution in [-0.4, -0.2) is 54.2 Å². The molecule has 1 aromatic heterocycles. The molecule has 3 atom stereocenters. The van der Waals surface area contributed by atoms with Crippen molar-refractivity contribution in [3.63, 3.8) is 0 Å². The van der Waals surface area contributed by atoms with Gasteiger partial charge in [0.05, 0.1) is 21.9 Å². The van der Waals surface area contributed by atoms with Crippen molar-refractivity contribution in [2.75, 3.05) is 26.0 Å². The molecule has 2 heterocycles. The van der Waals surface area contributed by atoms with Gasteiger partial charge in [0.25, 0.3) is 5.91 Å². The lowest BCUT2D eigenvalue weighted by Crippen LogP contribution is -2.28. The first-order valence-electron chi connectivity index (χ1n) is 11.9. The van der Waals surface area contributed by atoms with E-state index in [-0.39, 0.29) is 43.9 Å². The van der Waals surface area contributed by atoms with Crippen LogP contribution in [0.1, 0.15) is 50.6 Å². The monoisotopic (exact) mass is 475 g/mol. The van der Waals surface area contributed by atoms with E-state index in [1.54, 1.807) is 24.3 Å². The molecule has 0 saturated carbocycles. The van der Waals surface area contributed by atoms with Gasteiger partial charge < -0.3 is 24.8 Å². The zero-order chi connectivity index (χ0) is 26.1. The lowest BCUT2D eigenvalue weighted by Gasteiger charge is -2.15. The van der Waals surface area contributed by atoms with Gasteiger partial charge in [0.15, 0.2) is 0 Å². The summed E-state index contributed by atoms with van der Waals surface area (Å²) in [5, 5.41) is 5.00. The van der Waals surface area contributed by atoms with Crippen molar-refractivity contribution in [2.45, 2.75) is 44.6 Å². The number of benzene rings is 1. The number of methoxy groups -OCH3 is 1.